The number of nitriles is 1. The summed E-state index contributed by atoms with van der Waals surface area (Å²) in [6.07, 6.45) is 14.4. The van der Waals surface area contributed by atoms with Gasteiger partial charge in [0.15, 0.2) is 17.5 Å². The van der Waals surface area contributed by atoms with E-state index in [0.29, 0.717) is 23.0 Å². The van der Waals surface area contributed by atoms with Gasteiger partial charge in [-0.15, -0.1) is 0 Å². The molecule has 4 fully saturated rings. The monoisotopic (exact) mass is 925 g/mol. The number of nitrogens with zero attached hydrogens (tertiary/aromatic N) is 4. The van der Waals surface area contributed by atoms with Crippen molar-refractivity contribution in [2.45, 2.75) is 109 Å². The molecule has 0 spiro atoms. The van der Waals surface area contributed by atoms with Gasteiger partial charge in [0.2, 0.25) is 0 Å². The Kier molecular flexibility index (Phi) is 10.8. The third-order valence-corrected chi connectivity index (χ3v) is 18.3. The normalized spacial score (nSPS) is 26.2. The van der Waals surface area contributed by atoms with E-state index in [2.05, 4.69) is 155 Å². The van der Waals surface area contributed by atoms with Crippen LogP contribution in [0.3, 0.4) is 0 Å². The van der Waals surface area contributed by atoms with Crippen molar-refractivity contribution >= 4 is 43.1 Å². The van der Waals surface area contributed by atoms with Crippen LogP contribution in [0.4, 0.5) is 0 Å². The Hall–Kier alpha value is -6.70. The van der Waals surface area contributed by atoms with E-state index in [1.54, 1.807) is 0 Å². The van der Waals surface area contributed by atoms with E-state index in [-0.39, 0.29) is 10.8 Å². The SMILES string of the molecule is CC[C@@H]1C[C@@H]2C[C@H](C)CC(c3ccc(-c4nc(-c5ccc(-c6ccc7c(c6)cc(C#N)c6ccccc67)cc5)nc(-c5ccc(C67C[C@H](C)C[C@H](C[C@H](C)C6)C7)c6ccccc56)n4)c4ccccc34)(C1)C2. The zero-order chi connectivity index (χ0) is 48.0. The predicted octanol–water partition coefficient (Wildman–Crippen LogP) is 17.6. The van der Waals surface area contributed by atoms with Crippen LogP contribution in [0.15, 0.2) is 146 Å². The molecule has 4 nitrogen and oxygen atoms in total. The number of aromatic nitrogens is 3. The molecule has 13 rings (SSSR count). The lowest BCUT2D eigenvalue weighted by Gasteiger charge is -2.51. The molecule has 2 unspecified atom stereocenters. The summed E-state index contributed by atoms with van der Waals surface area (Å²) in [4.78, 5) is 16.5. The minimum Gasteiger partial charge on any atom is -0.208 e. The zero-order valence-corrected chi connectivity index (χ0v) is 41.9. The summed E-state index contributed by atoms with van der Waals surface area (Å²) in [6.45, 7) is 9.88. The Morgan fingerprint density at radius 3 is 1.49 bits per heavy atom. The second-order valence-electron chi connectivity index (χ2n) is 23.4. The van der Waals surface area contributed by atoms with Crippen LogP contribution in [-0.2, 0) is 10.8 Å². The largest absolute Gasteiger partial charge is 0.208 e. The van der Waals surface area contributed by atoms with Gasteiger partial charge in [-0.25, -0.2) is 15.0 Å². The number of rotatable bonds is 7. The van der Waals surface area contributed by atoms with E-state index >= 15 is 0 Å². The molecule has 1 aromatic heterocycles. The maximum absolute atomic E-state index is 10.1. The highest BCUT2D eigenvalue weighted by atomic mass is 15.0. The molecule has 352 valence electrons. The highest BCUT2D eigenvalue weighted by Crippen LogP contribution is 2.58. The lowest BCUT2D eigenvalue weighted by atomic mass is 9.53. The molecule has 4 aliphatic rings. The van der Waals surface area contributed by atoms with Crippen molar-refractivity contribution in [3.63, 3.8) is 0 Å². The van der Waals surface area contributed by atoms with Crippen LogP contribution in [0.5, 0.6) is 0 Å². The molecule has 0 N–H and O–H groups in total. The fourth-order valence-electron chi connectivity index (χ4n) is 16.0. The maximum atomic E-state index is 10.1. The first-order valence-corrected chi connectivity index (χ1v) is 26.9. The quantitative estimate of drug-likeness (QED) is 0.149. The van der Waals surface area contributed by atoms with Crippen molar-refractivity contribution in [1.82, 2.24) is 15.0 Å². The molecule has 4 aliphatic carbocycles. The van der Waals surface area contributed by atoms with Crippen molar-refractivity contribution in [2.24, 2.45) is 35.5 Å². The lowest BCUT2D eigenvalue weighted by Crippen LogP contribution is -2.42. The molecule has 9 aromatic rings. The van der Waals surface area contributed by atoms with Crippen LogP contribution in [0.1, 0.15) is 115 Å². The van der Waals surface area contributed by atoms with E-state index in [4.69, 9.17) is 15.0 Å². The first kappa shape index (κ1) is 44.3. The van der Waals surface area contributed by atoms with Gasteiger partial charge in [0.25, 0.3) is 0 Å². The third kappa shape index (κ3) is 7.57. The van der Waals surface area contributed by atoms with Crippen LogP contribution in [0, 0.1) is 46.8 Å². The average Bonchev–Trinajstić information content (AvgIpc) is 3.39. The Morgan fingerprint density at radius 1 is 0.451 bits per heavy atom. The molecule has 8 atom stereocenters. The topological polar surface area (TPSA) is 62.5 Å². The van der Waals surface area contributed by atoms with Crippen LogP contribution >= 0.6 is 0 Å². The number of fused-ring (bicyclic) bond motifs is 9. The molecule has 8 aromatic carbocycles. The van der Waals surface area contributed by atoms with Gasteiger partial charge in [0.05, 0.1) is 11.6 Å². The second kappa shape index (κ2) is 17.3. The third-order valence-electron chi connectivity index (χ3n) is 18.3. The van der Waals surface area contributed by atoms with E-state index in [0.717, 1.165) is 84.9 Å². The van der Waals surface area contributed by atoms with Gasteiger partial charge in [0.1, 0.15) is 0 Å². The number of benzene rings is 8. The summed E-state index contributed by atoms with van der Waals surface area (Å²) in [5.41, 5.74) is 9.40. The minimum absolute atomic E-state index is 0.192. The summed E-state index contributed by atoms with van der Waals surface area (Å²) in [7, 11) is 0. The summed E-state index contributed by atoms with van der Waals surface area (Å²) in [5, 5.41) is 19.5. The number of hydrogen-bond donors (Lipinski definition) is 0. The molecule has 4 saturated carbocycles. The van der Waals surface area contributed by atoms with E-state index in [1.807, 2.05) is 24.3 Å². The fourth-order valence-corrected chi connectivity index (χ4v) is 16.0. The van der Waals surface area contributed by atoms with Gasteiger partial charge in [-0.2, -0.15) is 5.26 Å². The average molecular weight is 925 g/mol. The highest BCUT2D eigenvalue weighted by Gasteiger charge is 2.47. The van der Waals surface area contributed by atoms with Gasteiger partial charge in [-0.1, -0.05) is 168 Å². The van der Waals surface area contributed by atoms with E-state index < -0.39 is 0 Å². The molecule has 71 heavy (non-hydrogen) atoms. The first-order valence-electron chi connectivity index (χ1n) is 26.9. The second-order valence-corrected chi connectivity index (χ2v) is 23.4. The Labute approximate surface area is 419 Å². The molecule has 1 heterocycles. The maximum Gasteiger partial charge on any atom is 0.164 e. The van der Waals surface area contributed by atoms with Gasteiger partial charge in [-0.05, 0) is 183 Å². The summed E-state index contributed by atoms with van der Waals surface area (Å²) >= 11 is 0. The Morgan fingerprint density at radius 2 is 0.930 bits per heavy atom. The van der Waals surface area contributed by atoms with Crippen LogP contribution in [-0.4, -0.2) is 15.0 Å². The lowest BCUT2D eigenvalue weighted by molar-refractivity contribution is 0.0712. The molecule has 4 heteroatoms. The van der Waals surface area contributed by atoms with Crippen molar-refractivity contribution in [3.05, 3.63) is 162 Å². The summed E-state index contributed by atoms with van der Waals surface area (Å²) in [6, 6.07) is 55.9. The minimum atomic E-state index is 0.192. The predicted molar refractivity (Wildman–Crippen MR) is 294 cm³/mol. The number of hydrogen-bond acceptors (Lipinski definition) is 4. The Bertz CT molecular complexity index is 3580. The highest BCUT2D eigenvalue weighted by molar-refractivity contribution is 6.11. The van der Waals surface area contributed by atoms with Crippen molar-refractivity contribution in [1.29, 1.82) is 5.26 Å². The van der Waals surface area contributed by atoms with Gasteiger partial charge in [-0.3, -0.25) is 0 Å². The van der Waals surface area contributed by atoms with Crippen LogP contribution in [0.25, 0.3) is 88.4 Å². The first-order chi connectivity index (χ1) is 34.7. The molecular formula is C67H64N4. The van der Waals surface area contributed by atoms with Crippen LogP contribution in [0.2, 0.25) is 0 Å². The van der Waals surface area contributed by atoms with Crippen LogP contribution < -0.4 is 0 Å². The fraction of sp³-hybridized carbons (Fsp3) is 0.343. The molecule has 0 saturated heterocycles. The summed E-state index contributed by atoms with van der Waals surface area (Å²) < 4.78 is 0. The van der Waals surface area contributed by atoms with E-state index in [9.17, 15) is 5.26 Å². The molecule has 4 bridgehead atoms. The van der Waals surface area contributed by atoms with Gasteiger partial charge >= 0.3 is 0 Å². The van der Waals surface area contributed by atoms with Crippen molar-refractivity contribution < 1.29 is 0 Å². The molecule has 0 amide bonds. The Balaban J connectivity index is 0.961. The molecule has 0 radical (unpaired) electrons. The smallest absolute Gasteiger partial charge is 0.164 e. The van der Waals surface area contributed by atoms with Gasteiger partial charge in [0, 0.05) is 22.1 Å². The standard InChI is InChI=1S/C67H64N4/c1-5-44-31-46-30-43(4)36-67(37-44,39-46)62-27-25-60(56-15-9-11-17-58(56)62)65-70-63(48-20-18-47(19-21-48)49-22-23-53-50(32-49)33-51(40-68)52-12-6-7-13-54(52)53)69-64(71-65)59-24-26-61(57-16-10-8-14-55(57)59)66-34-41(2)28-45(38-66)29-42(3)35-66/h6-27,32-33,41-46H,5,28-31,34-39H2,1-4H3/t41-,42+,43-,44+,45-,46-,66?,67?/m0/s1. The molecular weight excluding hydrogens is 861 g/mol. The zero-order valence-electron chi connectivity index (χ0n) is 41.9. The molecule has 0 aliphatic heterocycles. The van der Waals surface area contributed by atoms with E-state index in [1.165, 1.54) is 103 Å². The summed E-state index contributed by atoms with van der Waals surface area (Å²) in [5.74, 6) is 6.67. The van der Waals surface area contributed by atoms with Crippen molar-refractivity contribution in [2.75, 3.05) is 0 Å². The van der Waals surface area contributed by atoms with Gasteiger partial charge < -0.3 is 0 Å². The van der Waals surface area contributed by atoms with Crippen molar-refractivity contribution in [3.8, 4) is 51.4 Å².